The maximum Gasteiger partial charge on any atom is 0.0663 e. The van der Waals surface area contributed by atoms with Gasteiger partial charge in [0, 0.05) is 19.1 Å². The van der Waals surface area contributed by atoms with E-state index < -0.39 is 0 Å². The van der Waals surface area contributed by atoms with E-state index in [1.807, 2.05) is 0 Å². The zero-order valence-corrected chi connectivity index (χ0v) is 19.4. The Morgan fingerprint density at radius 1 is 0.897 bits per heavy atom. The summed E-state index contributed by atoms with van der Waals surface area (Å²) in [6.07, 6.45) is 2.77. The van der Waals surface area contributed by atoms with Gasteiger partial charge in [0.1, 0.15) is 0 Å². The third-order valence-electron chi connectivity index (χ3n) is 7.02. The highest BCUT2D eigenvalue weighted by Crippen LogP contribution is 2.44. The van der Waals surface area contributed by atoms with Gasteiger partial charge in [-0.1, -0.05) is 0 Å². The fourth-order valence-electron chi connectivity index (χ4n) is 5.70. The molecule has 0 radical (unpaired) electrons. The van der Waals surface area contributed by atoms with Crippen LogP contribution < -0.4 is 0 Å². The lowest BCUT2D eigenvalue weighted by Crippen LogP contribution is -2.65. The molecule has 0 aromatic carbocycles. The summed E-state index contributed by atoms with van der Waals surface area (Å²) in [5.41, 5.74) is -0.284. The van der Waals surface area contributed by atoms with E-state index in [0.717, 1.165) is 32.8 Å². The Morgan fingerprint density at radius 2 is 1.52 bits per heavy atom. The molecule has 4 saturated heterocycles. The zero-order valence-electron chi connectivity index (χ0n) is 19.4. The van der Waals surface area contributed by atoms with Crippen molar-refractivity contribution in [3.63, 3.8) is 0 Å². The van der Waals surface area contributed by atoms with Crippen LogP contribution in [0, 0.1) is 11.8 Å². The van der Waals surface area contributed by atoms with E-state index >= 15 is 0 Å². The minimum atomic E-state index is -0.152. The molecule has 6 nitrogen and oxygen atoms in total. The van der Waals surface area contributed by atoms with E-state index in [-0.39, 0.29) is 17.2 Å². The number of ether oxygens (including phenoxy) is 4. The minimum Gasteiger partial charge on any atom is -0.378 e. The maximum atomic E-state index is 6.75. The van der Waals surface area contributed by atoms with Crippen LogP contribution in [0.25, 0.3) is 0 Å². The Balaban J connectivity index is 1.38. The molecule has 4 unspecified atom stereocenters. The van der Waals surface area contributed by atoms with Crippen molar-refractivity contribution in [1.29, 1.82) is 0 Å². The first kappa shape index (κ1) is 22.0. The molecule has 0 aromatic rings. The molecule has 168 valence electrons. The van der Waals surface area contributed by atoms with E-state index in [1.165, 1.54) is 19.5 Å². The second-order valence-corrected chi connectivity index (χ2v) is 11.4. The van der Waals surface area contributed by atoms with Gasteiger partial charge in [-0.3, -0.25) is 4.90 Å². The predicted molar refractivity (Wildman–Crippen MR) is 113 cm³/mol. The summed E-state index contributed by atoms with van der Waals surface area (Å²) in [5.74, 6) is 1.43. The van der Waals surface area contributed by atoms with Gasteiger partial charge in [-0.25, -0.2) is 0 Å². The highest BCUT2D eigenvalue weighted by atomic mass is 16.5. The van der Waals surface area contributed by atoms with Crippen molar-refractivity contribution in [1.82, 2.24) is 9.80 Å². The molecule has 4 heterocycles. The van der Waals surface area contributed by atoms with Crippen molar-refractivity contribution in [2.75, 3.05) is 53.2 Å². The van der Waals surface area contributed by atoms with Crippen molar-refractivity contribution in [2.24, 2.45) is 11.8 Å². The van der Waals surface area contributed by atoms with Crippen molar-refractivity contribution in [3.05, 3.63) is 0 Å². The van der Waals surface area contributed by atoms with Crippen LogP contribution in [0.15, 0.2) is 0 Å². The van der Waals surface area contributed by atoms with E-state index in [9.17, 15) is 0 Å². The lowest BCUT2D eigenvalue weighted by Gasteiger charge is -2.55. The molecule has 0 N–H and O–H groups in total. The van der Waals surface area contributed by atoms with Crippen LogP contribution in [-0.4, -0.2) is 98.4 Å². The Morgan fingerprint density at radius 3 is 2.10 bits per heavy atom. The van der Waals surface area contributed by atoms with Gasteiger partial charge in [0.2, 0.25) is 0 Å². The summed E-state index contributed by atoms with van der Waals surface area (Å²) in [6, 6.07) is 1.11. The molecule has 5 fully saturated rings. The van der Waals surface area contributed by atoms with Gasteiger partial charge in [0.25, 0.3) is 0 Å². The van der Waals surface area contributed by atoms with Crippen molar-refractivity contribution in [3.8, 4) is 0 Å². The van der Waals surface area contributed by atoms with Gasteiger partial charge in [0.05, 0.1) is 62.4 Å². The number of morpholine rings is 1. The van der Waals surface area contributed by atoms with Crippen LogP contribution >= 0.6 is 0 Å². The molecule has 1 aliphatic carbocycles. The highest BCUT2D eigenvalue weighted by molar-refractivity contribution is 5.00. The van der Waals surface area contributed by atoms with Crippen LogP contribution in [0.4, 0.5) is 0 Å². The van der Waals surface area contributed by atoms with Gasteiger partial charge >= 0.3 is 0 Å². The Labute approximate surface area is 177 Å². The fraction of sp³-hybridized carbons (Fsp3) is 1.00. The number of hydrogen-bond acceptors (Lipinski definition) is 6. The largest absolute Gasteiger partial charge is 0.378 e. The van der Waals surface area contributed by atoms with Crippen LogP contribution in [0.2, 0.25) is 0 Å². The summed E-state index contributed by atoms with van der Waals surface area (Å²) in [7, 11) is 2.23. The van der Waals surface area contributed by atoms with Gasteiger partial charge in [-0.15, -0.1) is 0 Å². The minimum absolute atomic E-state index is 0.133. The standard InChI is InChI=1S/C23H42N2O4/c1-22(2,3)28-15-20-14-26-11-18(25(20)19-12-27-13-19)8-23(4,5)29-21-16-7-17(21)10-24(6)9-16/h16-21H,7-15H2,1-6H3. The van der Waals surface area contributed by atoms with Crippen molar-refractivity contribution in [2.45, 2.75) is 82.9 Å². The number of piperidine rings is 2. The second kappa shape index (κ2) is 8.36. The molecule has 0 aromatic heterocycles. The van der Waals surface area contributed by atoms with Gasteiger partial charge < -0.3 is 23.8 Å². The molecule has 1 saturated carbocycles. The first-order chi connectivity index (χ1) is 13.6. The normalized spacial score (nSPS) is 37.2. The van der Waals surface area contributed by atoms with Gasteiger partial charge in [-0.05, 0) is 66.3 Å². The van der Waals surface area contributed by atoms with Crippen molar-refractivity contribution >= 4 is 0 Å². The lowest BCUT2D eigenvalue weighted by atomic mass is 9.68. The summed E-state index contributed by atoms with van der Waals surface area (Å²) < 4.78 is 24.5. The van der Waals surface area contributed by atoms with E-state index in [4.69, 9.17) is 18.9 Å². The SMILES string of the molecule is CN1CC2CC(C1)C2OC(C)(C)CC1COCC(COC(C)(C)C)N1C1COC1. The molecule has 0 spiro atoms. The summed E-state index contributed by atoms with van der Waals surface area (Å²) in [5, 5.41) is 0. The molecular formula is C23H42N2O4. The van der Waals surface area contributed by atoms with Crippen molar-refractivity contribution < 1.29 is 18.9 Å². The summed E-state index contributed by atoms with van der Waals surface area (Å²) >= 11 is 0. The molecule has 0 amide bonds. The quantitative estimate of drug-likeness (QED) is 0.642. The first-order valence-electron chi connectivity index (χ1n) is 11.5. The van der Waals surface area contributed by atoms with Crippen LogP contribution in [0.1, 0.15) is 47.5 Å². The van der Waals surface area contributed by atoms with Crippen LogP contribution in [0.3, 0.4) is 0 Å². The summed E-state index contributed by atoms with van der Waals surface area (Å²) in [4.78, 5) is 5.10. The molecule has 6 heteroatoms. The average molecular weight is 411 g/mol. The molecule has 5 rings (SSSR count). The Kier molecular flexibility index (Phi) is 6.33. The smallest absolute Gasteiger partial charge is 0.0663 e. The Hall–Kier alpha value is -0.240. The molecule has 29 heavy (non-hydrogen) atoms. The first-order valence-corrected chi connectivity index (χ1v) is 11.5. The Bertz CT molecular complexity index is 548. The molecule has 4 atom stereocenters. The molecule has 5 aliphatic rings. The van der Waals surface area contributed by atoms with E-state index in [1.54, 1.807) is 0 Å². The lowest BCUT2D eigenvalue weighted by molar-refractivity contribution is -0.212. The number of rotatable bonds is 7. The molecule has 2 bridgehead atoms. The van der Waals surface area contributed by atoms with E-state index in [0.29, 0.717) is 36.6 Å². The molecule has 4 aliphatic heterocycles. The third kappa shape index (κ3) is 5.16. The van der Waals surface area contributed by atoms with Crippen LogP contribution in [-0.2, 0) is 18.9 Å². The highest BCUT2D eigenvalue weighted by Gasteiger charge is 2.49. The van der Waals surface area contributed by atoms with E-state index in [2.05, 4.69) is 51.5 Å². The molecular weight excluding hydrogens is 368 g/mol. The topological polar surface area (TPSA) is 43.4 Å². The third-order valence-corrected chi connectivity index (χ3v) is 7.02. The fourth-order valence-corrected chi connectivity index (χ4v) is 5.70. The second-order valence-electron chi connectivity index (χ2n) is 11.4. The maximum absolute atomic E-state index is 6.75. The summed E-state index contributed by atoms with van der Waals surface area (Å²) in [6.45, 7) is 17.1. The number of hydrogen-bond donors (Lipinski definition) is 0. The average Bonchev–Trinajstić information content (AvgIpc) is 2.57. The van der Waals surface area contributed by atoms with Gasteiger partial charge in [0.15, 0.2) is 0 Å². The van der Waals surface area contributed by atoms with Crippen LogP contribution in [0.5, 0.6) is 0 Å². The zero-order chi connectivity index (χ0) is 20.8. The number of fused-ring (bicyclic) bond motifs is 2. The van der Waals surface area contributed by atoms with Gasteiger partial charge in [-0.2, -0.15) is 0 Å². The monoisotopic (exact) mass is 410 g/mol. The predicted octanol–water partition coefficient (Wildman–Crippen LogP) is 2.41. The number of nitrogens with zero attached hydrogens (tertiary/aromatic N) is 2.